The molecule has 0 aromatic heterocycles. The van der Waals surface area contributed by atoms with Crippen molar-refractivity contribution < 1.29 is 28.6 Å². The quantitative estimate of drug-likeness (QED) is 0.0261. The summed E-state index contributed by atoms with van der Waals surface area (Å²) < 4.78 is 17.0. The van der Waals surface area contributed by atoms with Crippen LogP contribution < -0.4 is 0 Å². The van der Waals surface area contributed by atoms with Crippen molar-refractivity contribution >= 4 is 17.9 Å². The molecule has 0 aromatic carbocycles. The molecule has 1 atom stereocenters. The summed E-state index contributed by atoms with van der Waals surface area (Å²) in [7, 11) is 0. The third-order valence-electron chi connectivity index (χ3n) is 15.4. The second-order valence-corrected chi connectivity index (χ2v) is 23.4. The van der Waals surface area contributed by atoms with E-state index in [0.29, 0.717) is 19.3 Å². The van der Waals surface area contributed by atoms with Gasteiger partial charge in [0.1, 0.15) is 13.2 Å². The van der Waals surface area contributed by atoms with E-state index in [4.69, 9.17) is 14.2 Å². The molecule has 0 radical (unpaired) electrons. The van der Waals surface area contributed by atoms with E-state index in [1.165, 1.54) is 205 Å². The molecular weight excluding hydrogens is 997 g/mol. The fourth-order valence-electron chi connectivity index (χ4n) is 10.2. The standard InChI is InChI=1S/C75H132O6/c1-4-7-10-13-16-19-22-24-26-28-30-32-34-36-37-39-40-42-44-46-48-50-53-56-59-62-65-68-74(77)80-71-72(70-79-73(76)67-64-61-58-55-52-21-18-15-12-9-6-3)81-75(78)69-66-63-60-57-54-51-49-47-45-43-41-38-35-33-31-29-27-25-23-20-17-14-11-8-5-2/h8,11,17,20,25,27-28,30-31,33,38,41,45,47,72H,4-7,9-10,12-16,18-19,21-24,26,29,32,34-37,39-40,42-44,46,48-71H2,1-3H3/b11-8-,20-17-,27-25-,30-28-,33-31-,41-38-,47-45-. The van der Waals surface area contributed by atoms with Crippen LogP contribution in [0, 0.1) is 0 Å². The smallest absolute Gasteiger partial charge is 0.306 e. The minimum absolute atomic E-state index is 0.0790. The Hall–Kier alpha value is -3.41. The lowest BCUT2D eigenvalue weighted by Gasteiger charge is -2.18. The predicted octanol–water partition coefficient (Wildman–Crippen LogP) is 24.2. The number of carbonyl (C=O) groups is 3. The Labute approximate surface area is 503 Å². The van der Waals surface area contributed by atoms with Crippen LogP contribution in [0.5, 0.6) is 0 Å². The third kappa shape index (κ3) is 67.3. The average Bonchev–Trinajstić information content (AvgIpc) is 3.47. The Kier molecular flexibility index (Phi) is 66.2. The lowest BCUT2D eigenvalue weighted by atomic mass is 10.0. The zero-order chi connectivity index (χ0) is 58.5. The number of allylic oxidation sites excluding steroid dienone is 14. The van der Waals surface area contributed by atoms with Crippen LogP contribution in [0.1, 0.15) is 355 Å². The van der Waals surface area contributed by atoms with Gasteiger partial charge in [-0.2, -0.15) is 0 Å². The Morgan fingerprint density at radius 2 is 0.481 bits per heavy atom. The summed E-state index contributed by atoms with van der Waals surface area (Å²) in [6.45, 7) is 6.55. The monoisotopic (exact) mass is 1130 g/mol. The van der Waals surface area contributed by atoms with Gasteiger partial charge in [0.25, 0.3) is 0 Å². The molecule has 0 aliphatic rings. The van der Waals surface area contributed by atoms with E-state index in [1.807, 2.05) is 0 Å². The number of ether oxygens (including phenoxy) is 3. The summed E-state index contributed by atoms with van der Waals surface area (Å²) in [4.78, 5) is 38.4. The molecule has 6 heteroatoms. The zero-order valence-electron chi connectivity index (χ0n) is 53.8. The summed E-state index contributed by atoms with van der Waals surface area (Å²) >= 11 is 0. The summed E-state index contributed by atoms with van der Waals surface area (Å²) in [5, 5.41) is 0. The van der Waals surface area contributed by atoms with Crippen LogP contribution in [0.2, 0.25) is 0 Å². The van der Waals surface area contributed by atoms with Crippen molar-refractivity contribution in [3.05, 3.63) is 85.1 Å². The van der Waals surface area contributed by atoms with Crippen molar-refractivity contribution in [3.63, 3.8) is 0 Å². The van der Waals surface area contributed by atoms with Crippen LogP contribution in [-0.4, -0.2) is 37.2 Å². The highest BCUT2D eigenvalue weighted by molar-refractivity contribution is 5.71. The first-order chi connectivity index (χ1) is 40.0. The highest BCUT2D eigenvalue weighted by Crippen LogP contribution is 2.17. The lowest BCUT2D eigenvalue weighted by Crippen LogP contribution is -2.30. The Bertz CT molecular complexity index is 1530. The van der Waals surface area contributed by atoms with Crippen molar-refractivity contribution in [2.75, 3.05) is 13.2 Å². The molecule has 0 saturated carbocycles. The van der Waals surface area contributed by atoms with Crippen molar-refractivity contribution in [3.8, 4) is 0 Å². The number of esters is 3. The van der Waals surface area contributed by atoms with Crippen molar-refractivity contribution in [2.24, 2.45) is 0 Å². The third-order valence-corrected chi connectivity index (χ3v) is 15.4. The van der Waals surface area contributed by atoms with Crippen LogP contribution in [0.4, 0.5) is 0 Å². The second kappa shape index (κ2) is 69.1. The minimum atomic E-state index is -0.784. The fraction of sp³-hybridized carbons (Fsp3) is 0.773. The average molecular weight is 1130 g/mol. The first-order valence-electron chi connectivity index (χ1n) is 35.1. The van der Waals surface area contributed by atoms with E-state index in [2.05, 4.69) is 106 Å². The highest BCUT2D eigenvalue weighted by Gasteiger charge is 2.19. The number of unbranched alkanes of at least 4 members (excludes halogenated alkanes) is 39. The molecule has 0 aliphatic carbocycles. The van der Waals surface area contributed by atoms with Gasteiger partial charge in [-0.3, -0.25) is 14.4 Å². The molecular formula is C75H132O6. The molecule has 81 heavy (non-hydrogen) atoms. The molecule has 6 nitrogen and oxygen atoms in total. The number of hydrogen-bond donors (Lipinski definition) is 0. The van der Waals surface area contributed by atoms with Gasteiger partial charge >= 0.3 is 17.9 Å². The molecule has 0 heterocycles. The van der Waals surface area contributed by atoms with Crippen LogP contribution in [0.25, 0.3) is 0 Å². The molecule has 0 amide bonds. The molecule has 0 bridgehead atoms. The van der Waals surface area contributed by atoms with Gasteiger partial charge in [-0.15, -0.1) is 0 Å². The van der Waals surface area contributed by atoms with Crippen LogP contribution in [0.3, 0.4) is 0 Å². The predicted molar refractivity (Wildman–Crippen MR) is 353 cm³/mol. The number of carbonyl (C=O) groups excluding carboxylic acids is 3. The van der Waals surface area contributed by atoms with E-state index in [0.717, 1.165) is 109 Å². The Morgan fingerprint density at radius 1 is 0.259 bits per heavy atom. The molecule has 0 aliphatic heterocycles. The van der Waals surface area contributed by atoms with Gasteiger partial charge in [-0.05, 0) is 96.3 Å². The van der Waals surface area contributed by atoms with Gasteiger partial charge in [0.2, 0.25) is 0 Å². The van der Waals surface area contributed by atoms with Gasteiger partial charge in [0.15, 0.2) is 6.10 Å². The van der Waals surface area contributed by atoms with E-state index >= 15 is 0 Å². The molecule has 1 unspecified atom stereocenters. The van der Waals surface area contributed by atoms with Crippen LogP contribution in [0.15, 0.2) is 85.1 Å². The molecule has 468 valence electrons. The van der Waals surface area contributed by atoms with Gasteiger partial charge in [-0.25, -0.2) is 0 Å². The maximum absolute atomic E-state index is 12.9. The van der Waals surface area contributed by atoms with Gasteiger partial charge < -0.3 is 14.2 Å². The first kappa shape index (κ1) is 77.6. The van der Waals surface area contributed by atoms with Crippen molar-refractivity contribution in [1.82, 2.24) is 0 Å². The maximum Gasteiger partial charge on any atom is 0.306 e. The molecule has 0 aromatic rings. The Balaban J connectivity index is 4.25. The molecule has 0 saturated heterocycles. The van der Waals surface area contributed by atoms with Gasteiger partial charge in [-0.1, -0.05) is 324 Å². The van der Waals surface area contributed by atoms with Crippen molar-refractivity contribution in [2.45, 2.75) is 361 Å². The summed E-state index contributed by atoms with van der Waals surface area (Å²) in [6, 6.07) is 0. The minimum Gasteiger partial charge on any atom is -0.462 e. The lowest BCUT2D eigenvalue weighted by molar-refractivity contribution is -0.167. The Morgan fingerprint density at radius 3 is 0.765 bits per heavy atom. The first-order valence-corrected chi connectivity index (χ1v) is 35.1. The molecule has 0 fully saturated rings. The van der Waals surface area contributed by atoms with Gasteiger partial charge in [0, 0.05) is 19.3 Å². The number of rotatable bonds is 64. The van der Waals surface area contributed by atoms with Crippen LogP contribution >= 0.6 is 0 Å². The largest absolute Gasteiger partial charge is 0.462 e. The topological polar surface area (TPSA) is 78.9 Å². The van der Waals surface area contributed by atoms with Gasteiger partial charge in [0.05, 0.1) is 0 Å². The second-order valence-electron chi connectivity index (χ2n) is 23.4. The van der Waals surface area contributed by atoms with E-state index in [9.17, 15) is 14.4 Å². The van der Waals surface area contributed by atoms with E-state index in [-0.39, 0.29) is 31.1 Å². The van der Waals surface area contributed by atoms with Crippen LogP contribution in [-0.2, 0) is 28.6 Å². The summed E-state index contributed by atoms with van der Waals surface area (Å²) in [6.07, 6.45) is 91.8. The molecule has 0 spiro atoms. The fourth-order valence-corrected chi connectivity index (χ4v) is 10.2. The number of hydrogen-bond acceptors (Lipinski definition) is 6. The van der Waals surface area contributed by atoms with E-state index < -0.39 is 6.10 Å². The molecule has 0 N–H and O–H groups in total. The SMILES string of the molecule is CC/C=C\C/C=C\C/C=C\C/C=C\C/C=C\C/C=C\CCCCCCCCC(=O)OC(COC(=O)CCCCCCCCCCCCC)COC(=O)CCCCCCCCCCCCCCCCC/C=C\CCCCCCCCCC. The summed E-state index contributed by atoms with van der Waals surface area (Å²) in [5.41, 5.74) is 0. The van der Waals surface area contributed by atoms with E-state index in [1.54, 1.807) is 0 Å². The van der Waals surface area contributed by atoms with Crippen molar-refractivity contribution in [1.29, 1.82) is 0 Å². The maximum atomic E-state index is 12.9. The highest BCUT2D eigenvalue weighted by atomic mass is 16.6. The zero-order valence-corrected chi connectivity index (χ0v) is 53.8. The normalized spacial score (nSPS) is 12.6. The molecule has 0 rings (SSSR count). The summed E-state index contributed by atoms with van der Waals surface area (Å²) in [5.74, 6) is -0.877.